The molecule has 4 amide bonds. The van der Waals surface area contributed by atoms with Gasteiger partial charge in [-0.1, -0.05) is 23.7 Å². The molecule has 0 spiro atoms. The van der Waals surface area contributed by atoms with Gasteiger partial charge in [-0.25, -0.2) is 9.69 Å². The number of anilines is 1. The van der Waals surface area contributed by atoms with Crippen LogP contribution < -0.4 is 19.7 Å². The van der Waals surface area contributed by atoms with Crippen LogP contribution in [0.2, 0.25) is 5.02 Å². The lowest BCUT2D eigenvalue weighted by atomic mass is 10.1. The molecule has 1 saturated heterocycles. The number of carbonyl (C=O) groups is 3. The number of imide groups is 2. The van der Waals surface area contributed by atoms with E-state index >= 15 is 0 Å². The molecule has 2 aliphatic heterocycles. The van der Waals surface area contributed by atoms with E-state index in [0.29, 0.717) is 22.1 Å². The van der Waals surface area contributed by atoms with E-state index in [0.717, 1.165) is 4.90 Å². The molecule has 130 valence electrons. The molecule has 26 heavy (non-hydrogen) atoms. The van der Waals surface area contributed by atoms with Crippen molar-refractivity contribution in [2.24, 2.45) is 0 Å². The van der Waals surface area contributed by atoms with Crippen molar-refractivity contribution in [3.05, 3.63) is 58.6 Å². The van der Waals surface area contributed by atoms with E-state index in [1.807, 2.05) is 0 Å². The standard InChI is InChI=1S/C18H11ClN2O5/c19-11-2-1-3-12(8-11)21-17(23)13(16(22)20-18(21)24)6-10-4-5-14-15(7-10)26-9-25-14/h1-8H,9H2,(H,20,22,24)/b13-6+. The van der Waals surface area contributed by atoms with Crippen LogP contribution in [0.5, 0.6) is 11.5 Å². The van der Waals surface area contributed by atoms with E-state index in [2.05, 4.69) is 5.32 Å². The molecule has 2 aromatic rings. The van der Waals surface area contributed by atoms with Crippen LogP contribution in [0.15, 0.2) is 48.0 Å². The van der Waals surface area contributed by atoms with E-state index in [9.17, 15) is 14.4 Å². The third-order valence-electron chi connectivity index (χ3n) is 3.88. The number of barbiturate groups is 1. The van der Waals surface area contributed by atoms with Crippen molar-refractivity contribution < 1.29 is 23.9 Å². The van der Waals surface area contributed by atoms with Crippen LogP contribution in [-0.4, -0.2) is 24.6 Å². The van der Waals surface area contributed by atoms with E-state index < -0.39 is 17.8 Å². The van der Waals surface area contributed by atoms with Gasteiger partial charge in [-0.05, 0) is 42.0 Å². The van der Waals surface area contributed by atoms with Crippen LogP contribution in [0.4, 0.5) is 10.5 Å². The SMILES string of the molecule is O=C1NC(=O)N(c2cccc(Cl)c2)C(=O)/C1=C/c1ccc2c(c1)OCO2. The molecule has 4 rings (SSSR count). The average Bonchev–Trinajstić information content (AvgIpc) is 3.06. The molecule has 0 radical (unpaired) electrons. The number of amides is 4. The van der Waals surface area contributed by atoms with Crippen molar-refractivity contribution in [1.82, 2.24) is 5.32 Å². The van der Waals surface area contributed by atoms with Gasteiger partial charge in [0.1, 0.15) is 5.57 Å². The fourth-order valence-corrected chi connectivity index (χ4v) is 2.86. The zero-order valence-electron chi connectivity index (χ0n) is 13.2. The van der Waals surface area contributed by atoms with Gasteiger partial charge in [-0.3, -0.25) is 14.9 Å². The quantitative estimate of drug-likeness (QED) is 0.649. The highest BCUT2D eigenvalue weighted by Gasteiger charge is 2.36. The molecule has 0 atom stereocenters. The number of nitrogens with one attached hydrogen (secondary N) is 1. The predicted octanol–water partition coefficient (Wildman–Crippen LogP) is 2.74. The van der Waals surface area contributed by atoms with Gasteiger partial charge in [-0.2, -0.15) is 0 Å². The Hall–Kier alpha value is -3.32. The summed E-state index contributed by atoms with van der Waals surface area (Å²) >= 11 is 5.93. The smallest absolute Gasteiger partial charge is 0.335 e. The summed E-state index contributed by atoms with van der Waals surface area (Å²) in [7, 11) is 0. The van der Waals surface area contributed by atoms with E-state index in [1.165, 1.54) is 12.1 Å². The first kappa shape index (κ1) is 16.2. The number of ether oxygens (including phenoxy) is 2. The first-order valence-electron chi connectivity index (χ1n) is 7.59. The lowest BCUT2D eigenvalue weighted by Gasteiger charge is -2.26. The highest BCUT2D eigenvalue weighted by Crippen LogP contribution is 2.33. The third-order valence-corrected chi connectivity index (χ3v) is 4.11. The normalized spacial score (nSPS) is 17.7. The van der Waals surface area contributed by atoms with Crippen LogP contribution in [0.1, 0.15) is 5.56 Å². The van der Waals surface area contributed by atoms with Gasteiger partial charge in [0.15, 0.2) is 11.5 Å². The molecule has 1 fully saturated rings. The van der Waals surface area contributed by atoms with Crippen LogP contribution in [0.25, 0.3) is 6.08 Å². The number of hydrogen-bond acceptors (Lipinski definition) is 5. The Morgan fingerprint density at radius 2 is 1.85 bits per heavy atom. The molecule has 0 bridgehead atoms. The Labute approximate surface area is 152 Å². The van der Waals surface area contributed by atoms with E-state index in [4.69, 9.17) is 21.1 Å². The number of nitrogens with zero attached hydrogens (tertiary/aromatic N) is 1. The lowest BCUT2D eigenvalue weighted by Crippen LogP contribution is -2.54. The molecule has 7 nitrogen and oxygen atoms in total. The number of benzene rings is 2. The highest BCUT2D eigenvalue weighted by atomic mass is 35.5. The summed E-state index contributed by atoms with van der Waals surface area (Å²) in [5.74, 6) is -0.400. The maximum Gasteiger partial charge on any atom is 0.335 e. The minimum Gasteiger partial charge on any atom is -0.454 e. The van der Waals surface area contributed by atoms with E-state index in [1.54, 1.807) is 36.4 Å². The summed E-state index contributed by atoms with van der Waals surface area (Å²) in [5, 5.41) is 2.52. The Bertz CT molecular complexity index is 985. The number of urea groups is 1. The van der Waals surface area contributed by atoms with Gasteiger partial charge in [0.25, 0.3) is 11.8 Å². The number of carbonyl (C=O) groups excluding carboxylic acids is 3. The number of rotatable bonds is 2. The van der Waals surface area contributed by atoms with Crippen molar-refractivity contribution in [2.75, 3.05) is 11.7 Å². The number of hydrogen-bond donors (Lipinski definition) is 1. The number of fused-ring (bicyclic) bond motifs is 1. The maximum atomic E-state index is 12.8. The molecule has 0 saturated carbocycles. The zero-order chi connectivity index (χ0) is 18.3. The first-order valence-corrected chi connectivity index (χ1v) is 7.97. The topological polar surface area (TPSA) is 84.9 Å². The fraction of sp³-hybridized carbons (Fsp3) is 0.0556. The van der Waals surface area contributed by atoms with Gasteiger partial charge in [-0.15, -0.1) is 0 Å². The molecule has 0 unspecified atom stereocenters. The van der Waals surface area contributed by atoms with Crippen molar-refractivity contribution in [3.63, 3.8) is 0 Å². The Kier molecular flexibility index (Phi) is 3.85. The van der Waals surface area contributed by atoms with Crippen LogP contribution in [0, 0.1) is 0 Å². The van der Waals surface area contributed by atoms with Crippen molar-refractivity contribution in [2.45, 2.75) is 0 Å². The second-order valence-corrected chi connectivity index (χ2v) is 5.99. The first-order chi connectivity index (χ1) is 12.5. The molecule has 2 aliphatic rings. The zero-order valence-corrected chi connectivity index (χ0v) is 13.9. The van der Waals surface area contributed by atoms with Crippen LogP contribution >= 0.6 is 11.6 Å². The summed E-state index contributed by atoms with van der Waals surface area (Å²) in [6.45, 7) is 0.117. The van der Waals surface area contributed by atoms with Crippen LogP contribution in [0.3, 0.4) is 0 Å². The second-order valence-electron chi connectivity index (χ2n) is 5.55. The Balaban J connectivity index is 1.72. The molecule has 1 N–H and O–H groups in total. The number of halogens is 1. The monoisotopic (exact) mass is 370 g/mol. The second kappa shape index (κ2) is 6.20. The Morgan fingerprint density at radius 3 is 2.65 bits per heavy atom. The largest absolute Gasteiger partial charge is 0.454 e. The third kappa shape index (κ3) is 2.78. The van der Waals surface area contributed by atoms with Crippen LogP contribution in [-0.2, 0) is 9.59 Å². The summed E-state index contributed by atoms with van der Waals surface area (Å²) in [6, 6.07) is 10.4. The fourth-order valence-electron chi connectivity index (χ4n) is 2.68. The molecule has 0 aromatic heterocycles. The molecule has 2 aromatic carbocycles. The van der Waals surface area contributed by atoms with Gasteiger partial charge in [0.05, 0.1) is 5.69 Å². The van der Waals surface area contributed by atoms with Crippen molar-refractivity contribution >= 4 is 41.2 Å². The van der Waals surface area contributed by atoms with Gasteiger partial charge >= 0.3 is 6.03 Å². The summed E-state index contributed by atoms with van der Waals surface area (Å²) in [5.41, 5.74) is 0.653. The van der Waals surface area contributed by atoms with E-state index in [-0.39, 0.29) is 18.1 Å². The van der Waals surface area contributed by atoms with Gasteiger partial charge in [0.2, 0.25) is 6.79 Å². The highest BCUT2D eigenvalue weighted by molar-refractivity contribution is 6.39. The Morgan fingerprint density at radius 1 is 1.04 bits per heavy atom. The lowest BCUT2D eigenvalue weighted by molar-refractivity contribution is -0.122. The predicted molar refractivity (Wildman–Crippen MR) is 93.0 cm³/mol. The maximum absolute atomic E-state index is 12.8. The minimum atomic E-state index is -0.829. The molecule has 8 heteroatoms. The van der Waals surface area contributed by atoms with Gasteiger partial charge < -0.3 is 9.47 Å². The molecular formula is C18H11ClN2O5. The molecule has 2 heterocycles. The minimum absolute atomic E-state index is 0.117. The van der Waals surface area contributed by atoms with Crippen molar-refractivity contribution in [3.8, 4) is 11.5 Å². The molecule has 0 aliphatic carbocycles. The van der Waals surface area contributed by atoms with Crippen molar-refractivity contribution in [1.29, 1.82) is 0 Å². The molecular weight excluding hydrogens is 360 g/mol. The average molecular weight is 371 g/mol. The summed E-state index contributed by atoms with van der Waals surface area (Å²) in [6.07, 6.45) is 1.39. The van der Waals surface area contributed by atoms with Gasteiger partial charge in [0, 0.05) is 5.02 Å². The summed E-state index contributed by atoms with van der Waals surface area (Å²) in [4.78, 5) is 38.0. The summed E-state index contributed by atoms with van der Waals surface area (Å²) < 4.78 is 10.5.